The van der Waals surface area contributed by atoms with Crippen LogP contribution in [0.25, 0.3) is 6.08 Å². The first-order valence-electron chi connectivity index (χ1n) is 10.0. The minimum atomic E-state index is -3.87. The Hall–Kier alpha value is -3.26. The maximum absolute atomic E-state index is 13.8. The number of aryl methyl sites for hydroxylation is 2. The second-order valence-corrected chi connectivity index (χ2v) is 9.10. The summed E-state index contributed by atoms with van der Waals surface area (Å²) in [5.41, 5.74) is 2.56. The van der Waals surface area contributed by atoms with Crippen LogP contribution in [0.5, 0.6) is 11.5 Å². The largest absolute Gasteiger partial charge is 0.486 e. The Morgan fingerprint density at radius 2 is 1.77 bits per heavy atom. The van der Waals surface area contributed by atoms with E-state index >= 15 is 0 Å². The van der Waals surface area contributed by atoms with Crippen LogP contribution in [-0.4, -0.2) is 38.0 Å². The molecular weight excluding hydrogens is 414 g/mol. The number of sulfonamides is 1. The van der Waals surface area contributed by atoms with Crippen molar-refractivity contribution in [3.63, 3.8) is 0 Å². The summed E-state index contributed by atoms with van der Waals surface area (Å²) in [6.07, 6.45) is 3.74. The number of rotatable bonds is 6. The molecule has 0 bridgehead atoms. The molecule has 0 saturated heterocycles. The highest BCUT2D eigenvalue weighted by Crippen LogP contribution is 2.36. The van der Waals surface area contributed by atoms with Crippen molar-refractivity contribution in [3.05, 3.63) is 71.6 Å². The van der Waals surface area contributed by atoms with Crippen molar-refractivity contribution in [1.29, 1.82) is 0 Å². The third kappa shape index (κ3) is 4.16. The van der Waals surface area contributed by atoms with Gasteiger partial charge in [-0.2, -0.15) is 5.10 Å². The standard InChI is InChI=1S/C23H25N3O4S/c1-17-23(18(2)25(3)24-17)31(27,28)26(13-7-10-19-8-5-4-6-9-19)20-11-12-21-22(16-20)30-15-14-29-21/h4-12,16H,13-15H2,1-3H3. The summed E-state index contributed by atoms with van der Waals surface area (Å²) >= 11 is 0. The summed E-state index contributed by atoms with van der Waals surface area (Å²) < 4.78 is 41.8. The van der Waals surface area contributed by atoms with Crippen LogP contribution < -0.4 is 13.8 Å². The van der Waals surface area contributed by atoms with Crippen LogP contribution >= 0.6 is 0 Å². The van der Waals surface area contributed by atoms with Gasteiger partial charge in [-0.3, -0.25) is 8.99 Å². The first-order chi connectivity index (χ1) is 14.9. The number of ether oxygens (including phenoxy) is 2. The van der Waals surface area contributed by atoms with Gasteiger partial charge in [0.15, 0.2) is 11.5 Å². The van der Waals surface area contributed by atoms with Gasteiger partial charge in [-0.05, 0) is 31.5 Å². The molecular formula is C23H25N3O4S. The van der Waals surface area contributed by atoms with Crippen LogP contribution in [0.15, 0.2) is 59.5 Å². The lowest BCUT2D eigenvalue weighted by atomic mass is 10.2. The first kappa shape index (κ1) is 21.0. The quantitative estimate of drug-likeness (QED) is 0.585. The van der Waals surface area contributed by atoms with E-state index in [4.69, 9.17) is 9.47 Å². The summed E-state index contributed by atoms with van der Waals surface area (Å²) in [7, 11) is -2.13. The first-order valence-corrected chi connectivity index (χ1v) is 11.5. The zero-order valence-electron chi connectivity index (χ0n) is 17.8. The Kier molecular flexibility index (Phi) is 5.73. The van der Waals surface area contributed by atoms with E-state index in [2.05, 4.69) is 5.10 Å². The molecule has 162 valence electrons. The van der Waals surface area contributed by atoms with E-state index in [0.717, 1.165) is 5.56 Å². The van der Waals surface area contributed by atoms with Crippen LogP contribution in [0.3, 0.4) is 0 Å². The third-order valence-corrected chi connectivity index (χ3v) is 7.23. The molecule has 7 nitrogen and oxygen atoms in total. The van der Waals surface area contributed by atoms with E-state index in [9.17, 15) is 8.42 Å². The normalized spacial score (nSPS) is 13.5. The number of hydrogen-bond acceptors (Lipinski definition) is 5. The van der Waals surface area contributed by atoms with Crippen LogP contribution in [-0.2, 0) is 17.1 Å². The van der Waals surface area contributed by atoms with Gasteiger partial charge < -0.3 is 9.47 Å². The summed E-state index contributed by atoms with van der Waals surface area (Å²) in [6, 6.07) is 15.0. The van der Waals surface area contributed by atoms with Crippen molar-refractivity contribution in [1.82, 2.24) is 9.78 Å². The van der Waals surface area contributed by atoms with Crippen LogP contribution in [0.4, 0.5) is 5.69 Å². The number of aromatic nitrogens is 2. The van der Waals surface area contributed by atoms with Crippen LogP contribution in [0, 0.1) is 13.8 Å². The van der Waals surface area contributed by atoms with Crippen LogP contribution in [0.1, 0.15) is 17.0 Å². The van der Waals surface area contributed by atoms with Gasteiger partial charge in [0.25, 0.3) is 10.0 Å². The molecule has 2 aromatic carbocycles. The summed E-state index contributed by atoms with van der Waals surface area (Å²) in [4.78, 5) is 0.220. The van der Waals surface area contributed by atoms with E-state index in [-0.39, 0.29) is 11.4 Å². The van der Waals surface area contributed by atoms with Crippen molar-refractivity contribution >= 4 is 21.8 Å². The van der Waals surface area contributed by atoms with E-state index in [1.165, 1.54) is 4.31 Å². The fourth-order valence-corrected chi connectivity index (χ4v) is 5.43. The van der Waals surface area contributed by atoms with Crippen molar-refractivity contribution in [2.45, 2.75) is 18.7 Å². The highest BCUT2D eigenvalue weighted by atomic mass is 32.2. The summed E-state index contributed by atoms with van der Waals surface area (Å²) in [5, 5.41) is 4.30. The van der Waals surface area contributed by atoms with Gasteiger partial charge in [0.1, 0.15) is 18.1 Å². The average molecular weight is 440 g/mol. The smallest absolute Gasteiger partial charge is 0.268 e. The van der Waals surface area contributed by atoms with E-state index in [1.54, 1.807) is 43.8 Å². The molecule has 0 saturated carbocycles. The molecule has 8 heteroatoms. The van der Waals surface area contributed by atoms with Crippen molar-refractivity contribution in [3.8, 4) is 11.5 Å². The molecule has 0 atom stereocenters. The van der Waals surface area contributed by atoms with Gasteiger partial charge in [0.05, 0.1) is 23.6 Å². The monoisotopic (exact) mass is 439 g/mol. The average Bonchev–Trinajstić information content (AvgIpc) is 3.03. The SMILES string of the molecule is Cc1nn(C)c(C)c1S(=O)(=O)N(CC=Cc1ccccc1)c1ccc2c(c1)OCCO2. The fraction of sp³-hybridized carbons (Fsp3) is 0.261. The maximum atomic E-state index is 13.8. The molecule has 0 aliphatic carbocycles. The highest BCUT2D eigenvalue weighted by molar-refractivity contribution is 7.93. The lowest BCUT2D eigenvalue weighted by Crippen LogP contribution is -2.32. The van der Waals surface area contributed by atoms with Crippen molar-refractivity contribution in [2.24, 2.45) is 7.05 Å². The number of benzene rings is 2. The van der Waals surface area contributed by atoms with Gasteiger partial charge in [-0.15, -0.1) is 0 Å². The van der Waals surface area contributed by atoms with Gasteiger partial charge >= 0.3 is 0 Å². The number of anilines is 1. The minimum absolute atomic E-state index is 0.157. The summed E-state index contributed by atoms with van der Waals surface area (Å²) in [5.74, 6) is 1.15. The second kappa shape index (κ2) is 8.47. The molecule has 31 heavy (non-hydrogen) atoms. The highest BCUT2D eigenvalue weighted by Gasteiger charge is 2.31. The van der Waals surface area contributed by atoms with Crippen molar-refractivity contribution in [2.75, 3.05) is 24.1 Å². The Morgan fingerprint density at radius 1 is 1.06 bits per heavy atom. The number of fused-ring (bicyclic) bond motifs is 1. The second-order valence-electron chi connectivity index (χ2n) is 7.30. The van der Waals surface area contributed by atoms with E-state index in [0.29, 0.717) is 41.8 Å². The Labute approximate surface area is 182 Å². The molecule has 3 aromatic rings. The Morgan fingerprint density at radius 3 is 2.45 bits per heavy atom. The zero-order valence-corrected chi connectivity index (χ0v) is 18.6. The van der Waals surface area contributed by atoms with Gasteiger partial charge in [-0.25, -0.2) is 8.42 Å². The lowest BCUT2D eigenvalue weighted by molar-refractivity contribution is 0.171. The van der Waals surface area contributed by atoms with E-state index in [1.807, 2.05) is 42.5 Å². The molecule has 0 spiro atoms. The molecule has 0 amide bonds. The molecule has 0 unspecified atom stereocenters. The van der Waals surface area contributed by atoms with E-state index < -0.39 is 10.0 Å². The number of hydrogen-bond donors (Lipinski definition) is 0. The third-order valence-electron chi connectivity index (χ3n) is 5.19. The van der Waals surface area contributed by atoms with Crippen LogP contribution in [0.2, 0.25) is 0 Å². The maximum Gasteiger partial charge on any atom is 0.268 e. The molecule has 0 fully saturated rings. The molecule has 1 aliphatic heterocycles. The number of nitrogens with zero attached hydrogens (tertiary/aromatic N) is 3. The molecule has 0 N–H and O–H groups in total. The predicted molar refractivity (Wildman–Crippen MR) is 120 cm³/mol. The molecule has 2 heterocycles. The van der Waals surface area contributed by atoms with Gasteiger partial charge in [-0.1, -0.05) is 42.5 Å². The lowest BCUT2D eigenvalue weighted by Gasteiger charge is -2.26. The van der Waals surface area contributed by atoms with Crippen molar-refractivity contribution < 1.29 is 17.9 Å². The van der Waals surface area contributed by atoms with Gasteiger partial charge in [0.2, 0.25) is 0 Å². The Bertz CT molecular complexity index is 1220. The zero-order chi connectivity index (χ0) is 22.0. The topological polar surface area (TPSA) is 73.7 Å². The predicted octanol–water partition coefficient (Wildman–Crippen LogP) is 3.72. The molecule has 1 aliphatic rings. The Balaban J connectivity index is 1.76. The molecule has 4 rings (SSSR count). The van der Waals surface area contributed by atoms with Gasteiger partial charge in [0, 0.05) is 13.1 Å². The molecule has 1 aromatic heterocycles. The fourth-order valence-electron chi connectivity index (χ4n) is 3.62. The summed E-state index contributed by atoms with van der Waals surface area (Å²) in [6.45, 7) is 4.53. The minimum Gasteiger partial charge on any atom is -0.486 e. The molecule has 0 radical (unpaired) electrons.